The van der Waals surface area contributed by atoms with Crippen LogP contribution in [0.1, 0.15) is 5.56 Å². The van der Waals surface area contributed by atoms with Crippen LogP contribution in [-0.2, 0) is 14.8 Å². The van der Waals surface area contributed by atoms with Crippen LogP contribution in [0, 0.1) is 5.41 Å². The summed E-state index contributed by atoms with van der Waals surface area (Å²) in [6.45, 7) is 0. The van der Waals surface area contributed by atoms with Crippen molar-refractivity contribution >= 4 is 44.6 Å². The standard InChI is InChI=1S/C22H17N3O4S2/c23-22-25(16-9-11-19(12-10-16)31(24,27)28)21(26)20(30-22)14-15-5-4-8-18(13-15)29-17-6-2-1-3-7-17/h1-14,23H,(H2,24,27,28)/b20-14-,23-22?. The molecule has 9 heteroatoms. The van der Waals surface area contributed by atoms with Crippen LogP contribution in [0.2, 0.25) is 0 Å². The van der Waals surface area contributed by atoms with Gasteiger partial charge in [0, 0.05) is 0 Å². The number of carbonyl (C=O) groups is 1. The Morgan fingerprint density at radius 2 is 1.61 bits per heavy atom. The lowest BCUT2D eigenvalue weighted by Gasteiger charge is -2.14. The average Bonchev–Trinajstić information content (AvgIpc) is 3.01. The van der Waals surface area contributed by atoms with Crippen molar-refractivity contribution in [3.63, 3.8) is 0 Å². The molecule has 1 saturated heterocycles. The highest BCUT2D eigenvalue weighted by Gasteiger charge is 2.33. The molecule has 0 radical (unpaired) electrons. The largest absolute Gasteiger partial charge is 0.457 e. The maximum atomic E-state index is 12.9. The fourth-order valence-electron chi connectivity index (χ4n) is 2.95. The number of nitrogens with two attached hydrogens (primary N) is 1. The molecule has 4 rings (SSSR count). The van der Waals surface area contributed by atoms with Crippen molar-refractivity contribution in [2.24, 2.45) is 5.14 Å². The Hall–Kier alpha value is -3.40. The number of hydrogen-bond donors (Lipinski definition) is 2. The average molecular weight is 452 g/mol. The van der Waals surface area contributed by atoms with Crippen molar-refractivity contribution in [1.29, 1.82) is 5.41 Å². The monoisotopic (exact) mass is 451 g/mol. The number of amidine groups is 1. The zero-order valence-corrected chi connectivity index (χ0v) is 17.7. The minimum atomic E-state index is -3.83. The number of benzene rings is 3. The molecule has 1 amide bonds. The molecule has 0 aromatic heterocycles. The van der Waals surface area contributed by atoms with Crippen molar-refractivity contribution in [3.8, 4) is 11.5 Å². The zero-order valence-electron chi connectivity index (χ0n) is 16.1. The van der Waals surface area contributed by atoms with Crippen molar-refractivity contribution in [2.75, 3.05) is 4.90 Å². The molecule has 7 nitrogen and oxygen atoms in total. The molecule has 1 heterocycles. The molecule has 156 valence electrons. The first-order chi connectivity index (χ1) is 14.8. The normalized spacial score (nSPS) is 15.5. The highest BCUT2D eigenvalue weighted by atomic mass is 32.2. The number of carbonyl (C=O) groups excluding carboxylic acids is 1. The number of ether oxygens (including phenoxy) is 1. The lowest BCUT2D eigenvalue weighted by Crippen LogP contribution is -2.28. The van der Waals surface area contributed by atoms with Crippen LogP contribution in [0.25, 0.3) is 6.08 Å². The lowest BCUT2D eigenvalue weighted by molar-refractivity contribution is -0.113. The van der Waals surface area contributed by atoms with Gasteiger partial charge in [-0.1, -0.05) is 30.3 Å². The van der Waals surface area contributed by atoms with Crippen LogP contribution in [0.15, 0.2) is 88.7 Å². The molecule has 0 saturated carbocycles. The van der Waals surface area contributed by atoms with Gasteiger partial charge in [0.05, 0.1) is 15.5 Å². The molecule has 3 aromatic rings. The summed E-state index contributed by atoms with van der Waals surface area (Å²) in [4.78, 5) is 14.4. The number of primary sulfonamides is 1. The Morgan fingerprint density at radius 1 is 0.935 bits per heavy atom. The maximum Gasteiger partial charge on any atom is 0.271 e. The number of sulfonamides is 1. The summed E-state index contributed by atoms with van der Waals surface area (Å²) in [6.07, 6.45) is 1.69. The number of rotatable bonds is 5. The van der Waals surface area contributed by atoms with Crippen molar-refractivity contribution in [2.45, 2.75) is 4.90 Å². The van der Waals surface area contributed by atoms with E-state index in [4.69, 9.17) is 15.3 Å². The fraction of sp³-hybridized carbons (Fsp3) is 0. The number of para-hydroxylation sites is 1. The summed E-state index contributed by atoms with van der Waals surface area (Å²) in [7, 11) is -3.83. The van der Waals surface area contributed by atoms with E-state index in [1.54, 1.807) is 12.1 Å². The molecule has 3 N–H and O–H groups in total. The third-order valence-electron chi connectivity index (χ3n) is 4.38. The summed E-state index contributed by atoms with van der Waals surface area (Å²) < 4.78 is 28.7. The van der Waals surface area contributed by atoms with Gasteiger partial charge in [0.2, 0.25) is 10.0 Å². The van der Waals surface area contributed by atoms with E-state index in [-0.39, 0.29) is 16.0 Å². The second-order valence-electron chi connectivity index (χ2n) is 6.58. The van der Waals surface area contributed by atoms with Crippen LogP contribution in [-0.4, -0.2) is 19.5 Å². The molecule has 0 spiro atoms. The van der Waals surface area contributed by atoms with Gasteiger partial charge in [0.1, 0.15) is 11.5 Å². The zero-order chi connectivity index (χ0) is 22.0. The van der Waals surface area contributed by atoms with E-state index < -0.39 is 10.0 Å². The topological polar surface area (TPSA) is 114 Å². The van der Waals surface area contributed by atoms with Gasteiger partial charge >= 0.3 is 0 Å². The number of anilines is 1. The van der Waals surface area contributed by atoms with Crippen molar-refractivity contribution in [1.82, 2.24) is 0 Å². The molecule has 3 aromatic carbocycles. The summed E-state index contributed by atoms with van der Waals surface area (Å²) in [5.41, 5.74) is 1.14. The number of nitrogens with one attached hydrogen (secondary N) is 1. The van der Waals surface area contributed by atoms with E-state index in [0.29, 0.717) is 22.1 Å². The maximum absolute atomic E-state index is 12.9. The Balaban J connectivity index is 1.57. The van der Waals surface area contributed by atoms with E-state index in [1.165, 1.54) is 29.2 Å². The molecule has 1 fully saturated rings. The highest BCUT2D eigenvalue weighted by Crippen LogP contribution is 2.36. The Morgan fingerprint density at radius 3 is 2.29 bits per heavy atom. The van der Waals surface area contributed by atoms with E-state index in [1.807, 2.05) is 48.5 Å². The van der Waals surface area contributed by atoms with Crippen molar-refractivity contribution in [3.05, 3.63) is 89.3 Å². The Bertz CT molecular complexity index is 1290. The first kappa shape index (κ1) is 20.9. The Kier molecular flexibility index (Phi) is 5.64. The summed E-state index contributed by atoms with van der Waals surface area (Å²) >= 11 is 1.03. The number of thioether (sulfide) groups is 1. The van der Waals surface area contributed by atoms with E-state index >= 15 is 0 Å². The van der Waals surface area contributed by atoms with Gasteiger partial charge in [-0.2, -0.15) is 0 Å². The van der Waals surface area contributed by atoms with Crippen LogP contribution < -0.4 is 14.8 Å². The molecule has 0 bridgehead atoms. The lowest BCUT2D eigenvalue weighted by atomic mass is 10.2. The number of hydrogen-bond acceptors (Lipinski definition) is 6. The second kappa shape index (κ2) is 8.38. The molecule has 31 heavy (non-hydrogen) atoms. The van der Waals surface area contributed by atoms with Gasteiger partial charge in [0.15, 0.2) is 5.17 Å². The molecular formula is C22H17N3O4S2. The van der Waals surface area contributed by atoms with Gasteiger partial charge in [-0.15, -0.1) is 0 Å². The predicted molar refractivity (Wildman–Crippen MR) is 122 cm³/mol. The van der Waals surface area contributed by atoms with E-state index in [2.05, 4.69) is 0 Å². The first-order valence-corrected chi connectivity index (χ1v) is 11.5. The van der Waals surface area contributed by atoms with Crippen LogP contribution >= 0.6 is 11.8 Å². The Labute approximate surface area is 183 Å². The summed E-state index contributed by atoms with van der Waals surface area (Å²) in [5, 5.41) is 13.3. The molecule has 1 aliphatic rings. The van der Waals surface area contributed by atoms with Crippen LogP contribution in [0.4, 0.5) is 5.69 Å². The molecular weight excluding hydrogens is 434 g/mol. The molecule has 1 aliphatic heterocycles. The smallest absolute Gasteiger partial charge is 0.271 e. The summed E-state index contributed by atoms with van der Waals surface area (Å²) in [5.74, 6) is 0.962. The fourth-order valence-corrected chi connectivity index (χ4v) is 4.33. The van der Waals surface area contributed by atoms with Crippen LogP contribution in [0.3, 0.4) is 0 Å². The first-order valence-electron chi connectivity index (χ1n) is 9.10. The van der Waals surface area contributed by atoms with Gasteiger partial charge in [0.25, 0.3) is 5.91 Å². The summed E-state index contributed by atoms with van der Waals surface area (Å²) in [6, 6.07) is 22.2. The quantitative estimate of drug-likeness (QED) is 0.565. The minimum absolute atomic E-state index is 0.0243. The van der Waals surface area contributed by atoms with Gasteiger partial charge < -0.3 is 4.74 Å². The van der Waals surface area contributed by atoms with Crippen LogP contribution in [0.5, 0.6) is 11.5 Å². The van der Waals surface area contributed by atoms with E-state index in [0.717, 1.165) is 17.3 Å². The third kappa shape index (κ3) is 4.69. The van der Waals surface area contributed by atoms with Gasteiger partial charge in [-0.3, -0.25) is 15.1 Å². The number of nitrogens with zero attached hydrogens (tertiary/aromatic N) is 1. The molecule has 0 unspecified atom stereocenters. The molecule has 0 atom stereocenters. The van der Waals surface area contributed by atoms with Gasteiger partial charge in [-0.05, 0) is 71.9 Å². The SMILES string of the molecule is N=C1S/C(=C\c2cccc(Oc3ccccc3)c2)C(=O)N1c1ccc(S(N)(=O)=O)cc1. The third-order valence-corrected chi connectivity index (χ3v) is 6.20. The van der Waals surface area contributed by atoms with E-state index in [9.17, 15) is 13.2 Å². The number of amides is 1. The minimum Gasteiger partial charge on any atom is -0.457 e. The van der Waals surface area contributed by atoms with Gasteiger partial charge in [-0.25, -0.2) is 13.6 Å². The predicted octanol–water partition coefficient (Wildman–Crippen LogP) is 4.18. The second-order valence-corrected chi connectivity index (χ2v) is 9.17. The molecule has 0 aliphatic carbocycles. The van der Waals surface area contributed by atoms with Crippen molar-refractivity contribution < 1.29 is 17.9 Å². The highest BCUT2D eigenvalue weighted by molar-refractivity contribution is 8.19.